The lowest BCUT2D eigenvalue weighted by molar-refractivity contribution is 0.0730. The zero-order valence-corrected chi connectivity index (χ0v) is 18.2. The van der Waals surface area contributed by atoms with Crippen molar-refractivity contribution in [2.45, 2.75) is 18.4 Å². The highest BCUT2D eigenvalue weighted by molar-refractivity contribution is 7.89. The molecule has 32 heavy (non-hydrogen) atoms. The van der Waals surface area contributed by atoms with Crippen LogP contribution in [0.3, 0.4) is 0 Å². The van der Waals surface area contributed by atoms with Crippen LogP contribution in [0.25, 0.3) is 10.9 Å². The third-order valence-corrected chi connectivity index (χ3v) is 7.26. The Morgan fingerprint density at radius 2 is 1.81 bits per heavy atom. The molecule has 3 aromatic rings. The SMILES string of the molecule is CCn1cc(C(=O)Nc2ccc(S(=O)(=O)N3CCOCC3)cc2)c(=O)c2cc(F)ccc21. The maximum atomic E-state index is 13.7. The number of fused-ring (bicyclic) bond motifs is 1. The predicted octanol–water partition coefficient (Wildman–Crippen LogP) is 2.43. The molecule has 1 aliphatic rings. The van der Waals surface area contributed by atoms with Crippen LogP contribution in [0.4, 0.5) is 10.1 Å². The molecule has 0 unspecified atom stereocenters. The molecule has 1 aromatic heterocycles. The Morgan fingerprint density at radius 3 is 2.47 bits per heavy atom. The smallest absolute Gasteiger partial charge is 0.261 e. The molecule has 4 rings (SSSR count). The fourth-order valence-electron chi connectivity index (χ4n) is 3.64. The quantitative estimate of drug-likeness (QED) is 0.632. The molecule has 1 saturated heterocycles. The lowest BCUT2D eigenvalue weighted by Crippen LogP contribution is -2.40. The number of hydrogen-bond donors (Lipinski definition) is 1. The lowest BCUT2D eigenvalue weighted by Gasteiger charge is -2.26. The molecular weight excluding hydrogens is 437 g/mol. The molecule has 10 heteroatoms. The molecule has 2 aromatic carbocycles. The van der Waals surface area contributed by atoms with Gasteiger partial charge in [-0.1, -0.05) is 0 Å². The van der Waals surface area contributed by atoms with Crippen LogP contribution < -0.4 is 10.7 Å². The molecule has 1 amide bonds. The molecule has 1 aliphatic heterocycles. The summed E-state index contributed by atoms with van der Waals surface area (Å²) in [5.41, 5.74) is 0.161. The molecule has 168 valence electrons. The number of nitrogens with zero attached hydrogens (tertiary/aromatic N) is 2. The van der Waals surface area contributed by atoms with Gasteiger partial charge in [0.1, 0.15) is 11.4 Å². The minimum atomic E-state index is -3.65. The summed E-state index contributed by atoms with van der Waals surface area (Å²) in [6, 6.07) is 9.62. The zero-order valence-electron chi connectivity index (χ0n) is 17.4. The second-order valence-electron chi connectivity index (χ2n) is 7.31. The van der Waals surface area contributed by atoms with Crippen LogP contribution in [0.5, 0.6) is 0 Å². The van der Waals surface area contributed by atoms with E-state index in [-0.39, 0.29) is 28.9 Å². The fraction of sp³-hybridized carbons (Fsp3) is 0.273. The molecule has 0 aliphatic carbocycles. The van der Waals surface area contributed by atoms with Gasteiger partial charge in [0.05, 0.1) is 23.6 Å². The Labute approximate surface area is 184 Å². The number of nitrogens with one attached hydrogen (secondary N) is 1. The number of halogens is 1. The summed E-state index contributed by atoms with van der Waals surface area (Å²) in [5, 5.41) is 2.73. The number of pyridine rings is 1. The van der Waals surface area contributed by atoms with Gasteiger partial charge in [0.2, 0.25) is 15.5 Å². The van der Waals surface area contributed by atoms with Crippen molar-refractivity contribution in [1.29, 1.82) is 0 Å². The number of sulfonamides is 1. The predicted molar refractivity (Wildman–Crippen MR) is 118 cm³/mol. The minimum Gasteiger partial charge on any atom is -0.379 e. The number of aromatic nitrogens is 1. The van der Waals surface area contributed by atoms with Gasteiger partial charge >= 0.3 is 0 Å². The van der Waals surface area contributed by atoms with Crippen LogP contribution in [0.1, 0.15) is 17.3 Å². The van der Waals surface area contributed by atoms with Crippen LogP contribution in [0.2, 0.25) is 0 Å². The summed E-state index contributed by atoms with van der Waals surface area (Å²) in [6.07, 6.45) is 1.44. The maximum Gasteiger partial charge on any atom is 0.261 e. The minimum absolute atomic E-state index is 0.104. The molecule has 0 saturated carbocycles. The van der Waals surface area contributed by atoms with Crippen molar-refractivity contribution in [3.63, 3.8) is 0 Å². The first kappa shape index (κ1) is 22.1. The highest BCUT2D eigenvalue weighted by Gasteiger charge is 2.26. The van der Waals surface area contributed by atoms with Gasteiger partial charge in [-0.2, -0.15) is 4.31 Å². The summed E-state index contributed by atoms with van der Waals surface area (Å²) in [4.78, 5) is 25.7. The normalized spacial score (nSPS) is 15.1. The van der Waals surface area contributed by atoms with Crippen LogP contribution >= 0.6 is 0 Å². The second-order valence-corrected chi connectivity index (χ2v) is 9.25. The van der Waals surface area contributed by atoms with E-state index in [2.05, 4.69) is 5.32 Å². The molecule has 0 radical (unpaired) electrons. The van der Waals surface area contributed by atoms with Gasteiger partial charge in [-0.25, -0.2) is 12.8 Å². The van der Waals surface area contributed by atoms with E-state index in [0.717, 1.165) is 6.07 Å². The third kappa shape index (κ3) is 4.16. The van der Waals surface area contributed by atoms with Crippen LogP contribution in [0.15, 0.2) is 58.4 Å². The Hall–Kier alpha value is -3.08. The van der Waals surface area contributed by atoms with Crippen molar-refractivity contribution in [3.05, 3.63) is 70.3 Å². The van der Waals surface area contributed by atoms with E-state index in [1.54, 1.807) is 4.57 Å². The van der Waals surface area contributed by atoms with Crippen LogP contribution in [-0.2, 0) is 21.3 Å². The number of anilines is 1. The highest BCUT2D eigenvalue weighted by Crippen LogP contribution is 2.20. The van der Waals surface area contributed by atoms with Crippen LogP contribution in [0, 0.1) is 5.82 Å². The maximum absolute atomic E-state index is 13.7. The second kappa shape index (κ2) is 8.81. The van der Waals surface area contributed by atoms with Gasteiger partial charge in [0, 0.05) is 36.9 Å². The average Bonchev–Trinajstić information content (AvgIpc) is 2.80. The monoisotopic (exact) mass is 459 g/mol. The number of aryl methyl sites for hydroxylation is 1. The average molecular weight is 459 g/mol. The van der Waals surface area contributed by atoms with Gasteiger partial charge in [-0.15, -0.1) is 0 Å². The van der Waals surface area contributed by atoms with E-state index in [1.165, 1.54) is 46.9 Å². The van der Waals surface area contributed by atoms with E-state index in [1.807, 2.05) is 6.92 Å². The summed E-state index contributed by atoms with van der Waals surface area (Å²) in [6.45, 7) is 3.59. The summed E-state index contributed by atoms with van der Waals surface area (Å²) < 4.78 is 47.4. The molecule has 0 spiro atoms. The first-order valence-corrected chi connectivity index (χ1v) is 11.6. The number of carbonyl (C=O) groups is 1. The summed E-state index contributed by atoms with van der Waals surface area (Å²) >= 11 is 0. The Balaban J connectivity index is 1.60. The van der Waals surface area contributed by atoms with E-state index < -0.39 is 27.2 Å². The molecule has 2 heterocycles. The molecule has 8 nitrogen and oxygen atoms in total. The molecule has 0 atom stereocenters. The lowest BCUT2D eigenvalue weighted by atomic mass is 10.1. The van der Waals surface area contributed by atoms with Gasteiger partial charge in [-0.3, -0.25) is 9.59 Å². The van der Waals surface area contributed by atoms with Crippen molar-refractivity contribution < 1.29 is 22.3 Å². The van der Waals surface area contributed by atoms with Gasteiger partial charge in [-0.05, 0) is 49.4 Å². The Bertz CT molecular complexity index is 1330. The number of benzene rings is 2. The summed E-state index contributed by atoms with van der Waals surface area (Å²) in [7, 11) is -3.65. The highest BCUT2D eigenvalue weighted by atomic mass is 32.2. The topological polar surface area (TPSA) is 97.7 Å². The number of hydrogen-bond acceptors (Lipinski definition) is 5. The van der Waals surface area contributed by atoms with Crippen molar-refractivity contribution in [1.82, 2.24) is 8.87 Å². The van der Waals surface area contributed by atoms with E-state index >= 15 is 0 Å². The van der Waals surface area contributed by atoms with Gasteiger partial charge < -0.3 is 14.6 Å². The number of morpholine rings is 1. The fourth-order valence-corrected chi connectivity index (χ4v) is 5.05. The number of carbonyl (C=O) groups excluding carboxylic acids is 1. The van der Waals surface area contributed by atoms with E-state index in [9.17, 15) is 22.4 Å². The van der Waals surface area contributed by atoms with Crippen molar-refractivity contribution in [2.75, 3.05) is 31.6 Å². The van der Waals surface area contributed by atoms with E-state index in [4.69, 9.17) is 4.74 Å². The van der Waals surface area contributed by atoms with Crippen LogP contribution in [-0.4, -0.2) is 49.5 Å². The van der Waals surface area contributed by atoms with Gasteiger partial charge in [0.25, 0.3) is 5.91 Å². The zero-order chi connectivity index (χ0) is 22.9. The third-order valence-electron chi connectivity index (χ3n) is 5.35. The Morgan fingerprint density at radius 1 is 1.12 bits per heavy atom. The molecular formula is C22H22FN3O5S. The number of amides is 1. The van der Waals surface area contributed by atoms with Crippen molar-refractivity contribution in [2.24, 2.45) is 0 Å². The first-order chi connectivity index (χ1) is 15.3. The standard InChI is InChI=1S/C22H22FN3O5S/c1-2-25-14-19(21(27)18-13-15(23)3-8-20(18)25)22(28)24-16-4-6-17(7-5-16)32(29,30)26-9-11-31-12-10-26/h3-8,13-14H,2,9-12H2,1H3,(H,24,28). The van der Waals surface area contributed by atoms with E-state index in [0.29, 0.717) is 31.0 Å². The number of rotatable bonds is 5. The van der Waals surface area contributed by atoms with Crippen molar-refractivity contribution >= 4 is 32.5 Å². The molecule has 1 fully saturated rings. The van der Waals surface area contributed by atoms with Gasteiger partial charge in [0.15, 0.2) is 0 Å². The largest absolute Gasteiger partial charge is 0.379 e. The molecule has 0 bridgehead atoms. The molecule has 1 N–H and O–H groups in total. The van der Waals surface area contributed by atoms with Crippen molar-refractivity contribution in [3.8, 4) is 0 Å². The summed E-state index contributed by atoms with van der Waals surface area (Å²) in [5.74, 6) is -1.22. The first-order valence-electron chi connectivity index (χ1n) is 10.1. The Kier molecular flexibility index (Phi) is 6.09. The number of ether oxygens (including phenoxy) is 1.